The predicted octanol–water partition coefficient (Wildman–Crippen LogP) is 1.22. The molecule has 0 aliphatic carbocycles. The molecular formula is C11H20N2O. The van der Waals surface area contributed by atoms with Gasteiger partial charge in [-0.15, -0.1) is 0 Å². The zero-order valence-electron chi connectivity index (χ0n) is 9.05. The maximum atomic E-state index is 11.5. The molecular weight excluding hydrogens is 176 g/mol. The second-order valence-electron chi connectivity index (χ2n) is 3.49. The van der Waals surface area contributed by atoms with Crippen molar-refractivity contribution in [2.75, 3.05) is 6.54 Å². The van der Waals surface area contributed by atoms with E-state index >= 15 is 0 Å². The molecule has 0 radical (unpaired) electrons. The van der Waals surface area contributed by atoms with Crippen LogP contribution in [-0.4, -0.2) is 18.5 Å². The first kappa shape index (κ1) is 12.9. The fourth-order valence-electron chi connectivity index (χ4n) is 0.903. The van der Waals surface area contributed by atoms with Gasteiger partial charge in [0.15, 0.2) is 0 Å². The van der Waals surface area contributed by atoms with E-state index in [0.29, 0.717) is 6.54 Å². The molecule has 2 atom stereocenters. The van der Waals surface area contributed by atoms with Gasteiger partial charge in [-0.1, -0.05) is 39.5 Å². The molecule has 80 valence electrons. The Balaban J connectivity index is 3.95. The molecule has 0 heterocycles. The molecule has 1 amide bonds. The van der Waals surface area contributed by atoms with Crippen LogP contribution in [0, 0.1) is 5.92 Å². The van der Waals surface area contributed by atoms with Crippen molar-refractivity contribution in [3.63, 3.8) is 0 Å². The fourth-order valence-corrected chi connectivity index (χ4v) is 0.903. The molecule has 0 saturated carbocycles. The number of hydrogen-bond acceptors (Lipinski definition) is 2. The fraction of sp³-hybridized carbons (Fsp3) is 0.545. The summed E-state index contributed by atoms with van der Waals surface area (Å²) >= 11 is 0. The molecule has 0 aromatic rings. The average molecular weight is 196 g/mol. The summed E-state index contributed by atoms with van der Waals surface area (Å²) in [6.45, 7) is 11.7. The number of hydrogen-bond donors (Lipinski definition) is 2. The number of rotatable bonds is 6. The van der Waals surface area contributed by atoms with E-state index in [-0.39, 0.29) is 11.8 Å². The molecule has 0 aromatic heterocycles. The van der Waals surface area contributed by atoms with Crippen molar-refractivity contribution >= 4 is 5.91 Å². The molecule has 0 aliphatic rings. The van der Waals surface area contributed by atoms with Gasteiger partial charge in [0.25, 0.3) is 0 Å². The standard InChI is InChI=1S/C11H20N2O/c1-5-8(3)7-13-11(14)10(12)9(4)6-2/h5,9-10H,1,3,6-7,12H2,2,4H3,(H,13,14). The summed E-state index contributed by atoms with van der Waals surface area (Å²) < 4.78 is 0. The topological polar surface area (TPSA) is 55.1 Å². The highest BCUT2D eigenvalue weighted by molar-refractivity contribution is 5.82. The molecule has 2 unspecified atom stereocenters. The van der Waals surface area contributed by atoms with Crippen molar-refractivity contribution in [2.45, 2.75) is 26.3 Å². The third kappa shape index (κ3) is 4.23. The van der Waals surface area contributed by atoms with Crippen LogP contribution in [0.2, 0.25) is 0 Å². The molecule has 0 bridgehead atoms. The molecule has 3 N–H and O–H groups in total. The van der Waals surface area contributed by atoms with Gasteiger partial charge in [0.2, 0.25) is 5.91 Å². The quantitative estimate of drug-likeness (QED) is 0.627. The maximum absolute atomic E-state index is 11.5. The highest BCUT2D eigenvalue weighted by Crippen LogP contribution is 2.05. The Morgan fingerprint density at radius 3 is 2.64 bits per heavy atom. The average Bonchev–Trinajstić information content (AvgIpc) is 2.22. The van der Waals surface area contributed by atoms with E-state index in [4.69, 9.17) is 5.73 Å². The number of carbonyl (C=O) groups excluding carboxylic acids is 1. The summed E-state index contributed by atoms with van der Waals surface area (Å²) in [5.74, 6) is 0.0781. The highest BCUT2D eigenvalue weighted by Gasteiger charge is 2.18. The number of nitrogens with one attached hydrogen (secondary N) is 1. The number of amides is 1. The molecule has 14 heavy (non-hydrogen) atoms. The molecule has 0 rings (SSSR count). The molecule has 3 heteroatoms. The van der Waals surface area contributed by atoms with E-state index in [9.17, 15) is 4.79 Å². The Labute approximate surface area is 86.1 Å². The lowest BCUT2D eigenvalue weighted by Gasteiger charge is -2.17. The van der Waals surface area contributed by atoms with Crippen LogP contribution in [0.5, 0.6) is 0 Å². The Bertz CT molecular complexity index is 223. The van der Waals surface area contributed by atoms with Gasteiger partial charge in [-0.2, -0.15) is 0 Å². The highest BCUT2D eigenvalue weighted by atomic mass is 16.2. The molecule has 0 saturated heterocycles. The minimum Gasteiger partial charge on any atom is -0.351 e. The smallest absolute Gasteiger partial charge is 0.237 e. The zero-order valence-corrected chi connectivity index (χ0v) is 9.05. The molecule has 0 spiro atoms. The van der Waals surface area contributed by atoms with Crippen LogP contribution < -0.4 is 11.1 Å². The van der Waals surface area contributed by atoms with Gasteiger partial charge in [0.05, 0.1) is 6.04 Å². The van der Waals surface area contributed by atoms with Crippen molar-refractivity contribution < 1.29 is 4.79 Å². The van der Waals surface area contributed by atoms with Gasteiger partial charge in [0.1, 0.15) is 0 Å². The van der Waals surface area contributed by atoms with Gasteiger partial charge in [-0.05, 0) is 11.5 Å². The van der Waals surface area contributed by atoms with Crippen LogP contribution in [0.25, 0.3) is 0 Å². The Morgan fingerprint density at radius 2 is 2.21 bits per heavy atom. The third-order valence-corrected chi connectivity index (χ3v) is 2.34. The SMILES string of the molecule is C=CC(=C)CNC(=O)C(N)C(C)CC. The van der Waals surface area contributed by atoms with Crippen molar-refractivity contribution in [3.8, 4) is 0 Å². The van der Waals surface area contributed by atoms with Crippen molar-refractivity contribution in [1.29, 1.82) is 0 Å². The lowest BCUT2D eigenvalue weighted by molar-refractivity contribution is -0.123. The van der Waals surface area contributed by atoms with Gasteiger partial charge in [-0.25, -0.2) is 0 Å². The predicted molar refractivity (Wildman–Crippen MR) is 59.8 cm³/mol. The van der Waals surface area contributed by atoms with Crippen LogP contribution in [0.4, 0.5) is 0 Å². The van der Waals surface area contributed by atoms with Crippen LogP contribution >= 0.6 is 0 Å². The largest absolute Gasteiger partial charge is 0.351 e. The van der Waals surface area contributed by atoms with E-state index < -0.39 is 6.04 Å². The van der Waals surface area contributed by atoms with Gasteiger partial charge < -0.3 is 11.1 Å². The van der Waals surface area contributed by atoms with Crippen LogP contribution in [-0.2, 0) is 4.79 Å². The molecule has 0 aromatic carbocycles. The van der Waals surface area contributed by atoms with Gasteiger partial charge in [-0.3, -0.25) is 4.79 Å². The molecule has 0 fully saturated rings. The minimum atomic E-state index is -0.433. The number of carbonyl (C=O) groups is 1. The van der Waals surface area contributed by atoms with E-state index in [1.165, 1.54) is 0 Å². The van der Waals surface area contributed by atoms with Gasteiger partial charge in [0, 0.05) is 6.54 Å². The summed E-state index contributed by atoms with van der Waals surface area (Å²) in [4.78, 5) is 11.5. The summed E-state index contributed by atoms with van der Waals surface area (Å²) in [7, 11) is 0. The Kier molecular flexibility index (Phi) is 5.88. The van der Waals surface area contributed by atoms with E-state index in [2.05, 4.69) is 18.5 Å². The first-order chi connectivity index (χ1) is 6.52. The van der Waals surface area contributed by atoms with E-state index in [0.717, 1.165) is 12.0 Å². The lowest BCUT2D eigenvalue weighted by Crippen LogP contribution is -2.45. The van der Waals surface area contributed by atoms with Crippen LogP contribution in [0.3, 0.4) is 0 Å². The second-order valence-corrected chi connectivity index (χ2v) is 3.49. The summed E-state index contributed by atoms with van der Waals surface area (Å²) in [6, 6.07) is -0.433. The van der Waals surface area contributed by atoms with Crippen molar-refractivity contribution in [1.82, 2.24) is 5.32 Å². The second kappa shape index (κ2) is 6.38. The van der Waals surface area contributed by atoms with Crippen LogP contribution in [0.1, 0.15) is 20.3 Å². The lowest BCUT2D eigenvalue weighted by atomic mass is 9.99. The summed E-state index contributed by atoms with van der Waals surface area (Å²) in [5, 5.41) is 2.71. The molecule has 3 nitrogen and oxygen atoms in total. The monoisotopic (exact) mass is 196 g/mol. The summed E-state index contributed by atoms with van der Waals surface area (Å²) in [5.41, 5.74) is 6.52. The van der Waals surface area contributed by atoms with Crippen molar-refractivity contribution in [2.24, 2.45) is 11.7 Å². The minimum absolute atomic E-state index is 0.123. The van der Waals surface area contributed by atoms with E-state index in [1.807, 2.05) is 13.8 Å². The first-order valence-corrected chi connectivity index (χ1v) is 4.86. The third-order valence-electron chi connectivity index (χ3n) is 2.34. The first-order valence-electron chi connectivity index (χ1n) is 4.86. The zero-order chi connectivity index (χ0) is 11.1. The maximum Gasteiger partial charge on any atom is 0.237 e. The normalized spacial score (nSPS) is 14.2. The van der Waals surface area contributed by atoms with E-state index in [1.54, 1.807) is 6.08 Å². The Morgan fingerprint density at radius 1 is 1.64 bits per heavy atom. The van der Waals surface area contributed by atoms with Gasteiger partial charge >= 0.3 is 0 Å². The number of nitrogens with two attached hydrogens (primary N) is 1. The van der Waals surface area contributed by atoms with Crippen LogP contribution in [0.15, 0.2) is 24.8 Å². The summed E-state index contributed by atoms with van der Waals surface area (Å²) in [6.07, 6.45) is 2.52. The molecule has 0 aliphatic heterocycles. The Hall–Kier alpha value is -1.09. The van der Waals surface area contributed by atoms with Crippen molar-refractivity contribution in [3.05, 3.63) is 24.8 Å².